The molecule has 1 aliphatic rings. The number of aryl methyl sites for hydroxylation is 1. The Morgan fingerprint density at radius 3 is 2.09 bits per heavy atom. The van der Waals surface area contributed by atoms with Gasteiger partial charge in [-0.15, -0.1) is 0 Å². The zero-order valence-electron chi connectivity index (χ0n) is 19.6. The van der Waals surface area contributed by atoms with E-state index >= 15 is 0 Å². The minimum Gasteiger partial charge on any atom is -0.494 e. The lowest BCUT2D eigenvalue weighted by Crippen LogP contribution is -2.32. The van der Waals surface area contributed by atoms with Crippen molar-refractivity contribution >= 4 is 28.8 Å². The van der Waals surface area contributed by atoms with Gasteiger partial charge in [0.2, 0.25) is 0 Å². The van der Waals surface area contributed by atoms with E-state index in [0.717, 1.165) is 12.0 Å². The first-order chi connectivity index (χ1) is 16.6. The van der Waals surface area contributed by atoms with Crippen LogP contribution < -0.4 is 19.7 Å². The molecule has 0 radical (unpaired) electrons. The van der Waals surface area contributed by atoms with E-state index in [-0.39, 0.29) is 11.6 Å². The van der Waals surface area contributed by atoms with Crippen molar-refractivity contribution in [3.63, 3.8) is 0 Å². The Bertz CT molecular complexity index is 1210. The molecule has 6 nitrogen and oxygen atoms in total. The number of hydrogen-bond donors (Lipinski definition) is 1. The highest BCUT2D eigenvalue weighted by molar-refractivity contribution is 6.46. The number of hydrogen-bond acceptors (Lipinski definition) is 5. The Balaban J connectivity index is 1.78. The summed E-state index contributed by atoms with van der Waals surface area (Å²) in [5.41, 5.74) is 3.43. The van der Waals surface area contributed by atoms with Crippen LogP contribution in [0, 0.1) is 0 Å². The van der Waals surface area contributed by atoms with Crippen molar-refractivity contribution in [2.75, 3.05) is 23.4 Å². The molecule has 0 saturated carbocycles. The molecule has 6 heteroatoms. The number of amides is 2. The van der Waals surface area contributed by atoms with Gasteiger partial charge in [0.05, 0.1) is 30.2 Å². The van der Waals surface area contributed by atoms with Gasteiger partial charge >= 0.3 is 0 Å². The fraction of sp³-hybridized carbons (Fsp3) is 0.214. The summed E-state index contributed by atoms with van der Waals surface area (Å²) in [5.74, 6) is 0.514. The van der Waals surface area contributed by atoms with Crippen LogP contribution in [0.3, 0.4) is 0 Å². The summed E-state index contributed by atoms with van der Waals surface area (Å²) in [6, 6.07) is 22.0. The smallest absolute Gasteiger partial charge is 0.282 e. The number of rotatable bonds is 9. The number of anilines is 2. The first-order valence-electron chi connectivity index (χ1n) is 11.5. The molecule has 1 aliphatic heterocycles. The minimum atomic E-state index is -0.413. The average molecular weight is 457 g/mol. The number of benzene rings is 3. The standard InChI is InChI=1S/C28H28N2O4/c1-4-19-11-15-21(16-12-19)30-27(31)25(20-13-17-22(18-14-20)33-5-2)26(28(30)32)29-23-9-7-8-10-24(23)34-6-3/h7-18,29H,4-6H2,1-3H3. The molecule has 174 valence electrons. The topological polar surface area (TPSA) is 67.9 Å². The first-order valence-corrected chi connectivity index (χ1v) is 11.5. The fourth-order valence-corrected chi connectivity index (χ4v) is 3.90. The van der Waals surface area contributed by atoms with Crippen molar-refractivity contribution in [2.45, 2.75) is 27.2 Å². The SMILES string of the molecule is CCOc1ccc(C2=C(Nc3ccccc3OCC)C(=O)N(c3ccc(CC)cc3)C2=O)cc1. The van der Waals surface area contributed by atoms with Gasteiger partial charge in [0.1, 0.15) is 17.2 Å². The van der Waals surface area contributed by atoms with Crippen molar-refractivity contribution in [1.29, 1.82) is 0 Å². The number of carbonyl (C=O) groups is 2. The summed E-state index contributed by atoms with van der Waals surface area (Å²) in [6.45, 7) is 6.89. The average Bonchev–Trinajstić information content (AvgIpc) is 3.10. The summed E-state index contributed by atoms with van der Waals surface area (Å²) in [5, 5.41) is 3.20. The molecular weight excluding hydrogens is 428 g/mol. The van der Waals surface area contributed by atoms with Crippen LogP contribution in [-0.4, -0.2) is 25.0 Å². The summed E-state index contributed by atoms with van der Waals surface area (Å²) in [6.07, 6.45) is 0.874. The van der Waals surface area contributed by atoms with Gasteiger partial charge < -0.3 is 14.8 Å². The number of ether oxygens (including phenoxy) is 2. The van der Waals surface area contributed by atoms with Crippen molar-refractivity contribution in [3.05, 3.63) is 89.6 Å². The van der Waals surface area contributed by atoms with Crippen LogP contribution in [0.1, 0.15) is 31.9 Å². The van der Waals surface area contributed by atoms with E-state index in [2.05, 4.69) is 12.2 Å². The van der Waals surface area contributed by atoms with E-state index in [1.54, 1.807) is 24.3 Å². The Kier molecular flexibility index (Phi) is 6.97. The molecule has 3 aromatic carbocycles. The predicted molar refractivity (Wildman–Crippen MR) is 134 cm³/mol. The third kappa shape index (κ3) is 4.53. The summed E-state index contributed by atoms with van der Waals surface area (Å²) in [7, 11) is 0. The summed E-state index contributed by atoms with van der Waals surface area (Å²) < 4.78 is 11.3. The minimum absolute atomic E-state index is 0.209. The van der Waals surface area contributed by atoms with Crippen LogP contribution >= 0.6 is 0 Å². The van der Waals surface area contributed by atoms with Crippen molar-refractivity contribution < 1.29 is 19.1 Å². The van der Waals surface area contributed by atoms with Gasteiger partial charge in [-0.1, -0.05) is 43.3 Å². The monoisotopic (exact) mass is 456 g/mol. The van der Waals surface area contributed by atoms with E-state index in [4.69, 9.17) is 9.47 Å². The first kappa shape index (κ1) is 23.1. The highest BCUT2D eigenvalue weighted by atomic mass is 16.5. The van der Waals surface area contributed by atoms with Crippen molar-refractivity contribution in [2.24, 2.45) is 0 Å². The Morgan fingerprint density at radius 2 is 1.44 bits per heavy atom. The molecule has 0 spiro atoms. The molecule has 1 N–H and O–H groups in total. The van der Waals surface area contributed by atoms with Crippen LogP contribution in [0.15, 0.2) is 78.5 Å². The second kappa shape index (κ2) is 10.3. The lowest BCUT2D eigenvalue weighted by Gasteiger charge is -2.16. The normalized spacial score (nSPS) is 13.4. The number of nitrogens with zero attached hydrogens (tertiary/aromatic N) is 1. The van der Waals surface area contributed by atoms with E-state index in [0.29, 0.717) is 47.2 Å². The molecule has 0 saturated heterocycles. The Labute approximate surface area is 199 Å². The molecule has 34 heavy (non-hydrogen) atoms. The number of carbonyl (C=O) groups excluding carboxylic acids is 2. The van der Waals surface area contributed by atoms with Gasteiger partial charge in [-0.2, -0.15) is 0 Å². The lowest BCUT2D eigenvalue weighted by atomic mass is 10.0. The highest BCUT2D eigenvalue weighted by Gasteiger charge is 2.40. The Morgan fingerprint density at radius 1 is 0.765 bits per heavy atom. The highest BCUT2D eigenvalue weighted by Crippen LogP contribution is 2.36. The number of nitrogens with one attached hydrogen (secondary N) is 1. The third-order valence-electron chi connectivity index (χ3n) is 5.59. The third-order valence-corrected chi connectivity index (χ3v) is 5.59. The number of para-hydroxylation sites is 2. The second-order valence-corrected chi connectivity index (χ2v) is 7.73. The van der Waals surface area contributed by atoms with E-state index < -0.39 is 5.91 Å². The van der Waals surface area contributed by atoms with E-state index in [1.165, 1.54) is 4.90 Å². The maximum absolute atomic E-state index is 13.6. The molecule has 2 amide bonds. The largest absolute Gasteiger partial charge is 0.494 e. The summed E-state index contributed by atoms with van der Waals surface area (Å²) in [4.78, 5) is 28.5. The molecule has 0 atom stereocenters. The van der Waals surface area contributed by atoms with Crippen molar-refractivity contribution in [3.8, 4) is 11.5 Å². The molecule has 1 heterocycles. The van der Waals surface area contributed by atoms with Gasteiger partial charge in [-0.25, -0.2) is 4.90 Å². The van der Waals surface area contributed by atoms with Crippen LogP contribution in [0.4, 0.5) is 11.4 Å². The molecule has 3 aromatic rings. The zero-order chi connectivity index (χ0) is 24.1. The second-order valence-electron chi connectivity index (χ2n) is 7.73. The van der Waals surface area contributed by atoms with Crippen LogP contribution in [0.25, 0.3) is 5.57 Å². The van der Waals surface area contributed by atoms with Crippen LogP contribution in [0.2, 0.25) is 0 Å². The summed E-state index contributed by atoms with van der Waals surface area (Å²) >= 11 is 0. The molecule has 0 fully saturated rings. The molecule has 0 aromatic heterocycles. The Hall–Kier alpha value is -4.06. The van der Waals surface area contributed by atoms with Gasteiger partial charge in [0, 0.05) is 0 Å². The van der Waals surface area contributed by atoms with E-state index in [1.807, 2.05) is 62.4 Å². The zero-order valence-corrected chi connectivity index (χ0v) is 19.6. The van der Waals surface area contributed by atoms with Gasteiger partial charge in [-0.3, -0.25) is 9.59 Å². The molecule has 0 aliphatic carbocycles. The quantitative estimate of drug-likeness (QED) is 0.434. The van der Waals surface area contributed by atoms with Gasteiger partial charge in [-0.05, 0) is 67.8 Å². The lowest BCUT2D eigenvalue weighted by molar-refractivity contribution is -0.120. The fourth-order valence-electron chi connectivity index (χ4n) is 3.90. The van der Waals surface area contributed by atoms with Gasteiger partial charge in [0.25, 0.3) is 11.8 Å². The maximum atomic E-state index is 13.6. The van der Waals surface area contributed by atoms with Gasteiger partial charge in [0.15, 0.2) is 0 Å². The molecule has 0 bridgehead atoms. The van der Waals surface area contributed by atoms with E-state index in [9.17, 15) is 9.59 Å². The maximum Gasteiger partial charge on any atom is 0.282 e. The van der Waals surface area contributed by atoms with Crippen LogP contribution in [-0.2, 0) is 16.0 Å². The molecule has 4 rings (SSSR count). The van der Waals surface area contributed by atoms with Crippen molar-refractivity contribution in [1.82, 2.24) is 0 Å². The number of imide groups is 1. The molecular formula is C28H28N2O4. The molecule has 0 unspecified atom stereocenters. The van der Waals surface area contributed by atoms with Crippen LogP contribution in [0.5, 0.6) is 11.5 Å². The predicted octanol–water partition coefficient (Wildman–Crippen LogP) is 5.44.